The maximum atomic E-state index is 9.39. The molecule has 1 aromatic rings. The second-order valence-electron chi connectivity index (χ2n) is 3.65. The van der Waals surface area contributed by atoms with Crippen LogP contribution in [0.25, 0.3) is 0 Å². The average molecular weight is 225 g/mol. The summed E-state index contributed by atoms with van der Waals surface area (Å²) in [5.74, 6) is 0.916. The van der Waals surface area contributed by atoms with Crippen LogP contribution in [0.5, 0.6) is 0 Å². The van der Waals surface area contributed by atoms with Crippen LogP contribution < -0.4 is 4.90 Å². The molecule has 1 saturated heterocycles. The van der Waals surface area contributed by atoms with Crippen molar-refractivity contribution in [3.8, 4) is 0 Å². The molecular formula is C10H15N3OS. The monoisotopic (exact) mass is 225 g/mol. The number of rotatable bonds is 2. The van der Waals surface area contributed by atoms with Gasteiger partial charge in [-0.05, 0) is 31.2 Å². The summed E-state index contributed by atoms with van der Waals surface area (Å²) in [6, 6.07) is 3.98. The van der Waals surface area contributed by atoms with Gasteiger partial charge in [-0.25, -0.2) is 0 Å². The van der Waals surface area contributed by atoms with Gasteiger partial charge < -0.3 is 10.0 Å². The second kappa shape index (κ2) is 4.81. The Morgan fingerprint density at radius 2 is 2.07 bits per heavy atom. The third-order valence-corrected chi connectivity index (χ3v) is 3.26. The molecule has 0 bridgehead atoms. The van der Waals surface area contributed by atoms with Crippen molar-refractivity contribution in [3.05, 3.63) is 12.1 Å². The minimum absolute atomic E-state index is 0.139. The number of aliphatic hydroxyl groups excluding tert-OH is 1. The highest BCUT2D eigenvalue weighted by Gasteiger charge is 2.18. The lowest BCUT2D eigenvalue weighted by molar-refractivity contribution is 0.145. The number of aromatic nitrogens is 2. The first-order chi connectivity index (χ1) is 7.29. The number of anilines is 1. The summed E-state index contributed by atoms with van der Waals surface area (Å²) < 4.78 is 0. The first-order valence-electron chi connectivity index (χ1n) is 5.10. The fraction of sp³-hybridized carbons (Fsp3) is 0.600. The van der Waals surface area contributed by atoms with Crippen LogP contribution in [0.3, 0.4) is 0 Å². The van der Waals surface area contributed by atoms with E-state index < -0.39 is 0 Å². The molecule has 1 aliphatic rings. The van der Waals surface area contributed by atoms with Crippen molar-refractivity contribution >= 4 is 17.6 Å². The maximum absolute atomic E-state index is 9.39. The molecule has 82 valence electrons. The Labute approximate surface area is 93.7 Å². The largest absolute Gasteiger partial charge is 0.393 e. The lowest BCUT2D eigenvalue weighted by atomic mass is 10.1. The van der Waals surface area contributed by atoms with Gasteiger partial charge >= 0.3 is 0 Å². The molecule has 2 rings (SSSR count). The van der Waals surface area contributed by atoms with E-state index in [1.165, 1.54) is 0 Å². The van der Waals surface area contributed by atoms with Gasteiger partial charge in [-0.1, -0.05) is 0 Å². The maximum Gasteiger partial charge on any atom is 0.151 e. The summed E-state index contributed by atoms with van der Waals surface area (Å²) in [6.45, 7) is 1.74. The summed E-state index contributed by atoms with van der Waals surface area (Å²) in [5.41, 5.74) is 0. The van der Waals surface area contributed by atoms with E-state index in [1.807, 2.05) is 18.4 Å². The fourth-order valence-electron chi connectivity index (χ4n) is 1.69. The molecule has 0 amide bonds. The van der Waals surface area contributed by atoms with E-state index in [2.05, 4.69) is 15.1 Å². The molecule has 1 aliphatic heterocycles. The zero-order valence-corrected chi connectivity index (χ0v) is 9.57. The SMILES string of the molecule is CSc1ccc(N2CCC(O)CC2)nn1. The zero-order chi connectivity index (χ0) is 10.7. The Kier molecular flexibility index (Phi) is 3.43. The number of hydrogen-bond acceptors (Lipinski definition) is 5. The lowest BCUT2D eigenvalue weighted by Gasteiger charge is -2.30. The van der Waals surface area contributed by atoms with Gasteiger partial charge in [0.15, 0.2) is 5.82 Å². The van der Waals surface area contributed by atoms with Gasteiger partial charge in [0, 0.05) is 13.1 Å². The van der Waals surface area contributed by atoms with Crippen molar-refractivity contribution in [2.75, 3.05) is 24.2 Å². The quantitative estimate of drug-likeness (QED) is 0.765. The highest BCUT2D eigenvalue weighted by atomic mass is 32.2. The topological polar surface area (TPSA) is 49.2 Å². The molecule has 1 N–H and O–H groups in total. The predicted octanol–water partition coefficient (Wildman–Crippen LogP) is 1.16. The molecule has 0 spiro atoms. The Bertz CT molecular complexity index is 309. The molecule has 0 unspecified atom stereocenters. The van der Waals surface area contributed by atoms with E-state index in [0.717, 1.165) is 36.8 Å². The number of piperidine rings is 1. The number of nitrogens with zero attached hydrogens (tertiary/aromatic N) is 3. The van der Waals surface area contributed by atoms with Crippen molar-refractivity contribution in [1.82, 2.24) is 10.2 Å². The van der Waals surface area contributed by atoms with Crippen molar-refractivity contribution in [3.63, 3.8) is 0 Å². The number of thioether (sulfide) groups is 1. The summed E-state index contributed by atoms with van der Waals surface area (Å²) in [4.78, 5) is 2.17. The summed E-state index contributed by atoms with van der Waals surface area (Å²) >= 11 is 1.59. The molecule has 0 saturated carbocycles. The van der Waals surface area contributed by atoms with Crippen LogP contribution in [-0.4, -0.2) is 40.8 Å². The predicted molar refractivity (Wildman–Crippen MR) is 61.3 cm³/mol. The number of aliphatic hydroxyl groups is 1. The van der Waals surface area contributed by atoms with Crippen molar-refractivity contribution in [1.29, 1.82) is 0 Å². The van der Waals surface area contributed by atoms with Crippen LogP contribution in [0.1, 0.15) is 12.8 Å². The third-order valence-electron chi connectivity index (χ3n) is 2.62. The van der Waals surface area contributed by atoms with Crippen molar-refractivity contribution < 1.29 is 5.11 Å². The highest BCUT2D eigenvalue weighted by molar-refractivity contribution is 7.98. The van der Waals surface area contributed by atoms with Gasteiger partial charge in [-0.2, -0.15) is 0 Å². The standard InChI is InChI=1S/C10H15N3OS/c1-15-10-3-2-9(11-12-10)13-6-4-8(14)5-7-13/h2-3,8,14H,4-7H2,1H3. The van der Waals surface area contributed by atoms with Gasteiger partial charge in [-0.15, -0.1) is 22.0 Å². The van der Waals surface area contributed by atoms with Gasteiger partial charge in [0.25, 0.3) is 0 Å². The Morgan fingerprint density at radius 1 is 1.33 bits per heavy atom. The summed E-state index contributed by atoms with van der Waals surface area (Å²) in [6.07, 6.45) is 3.50. The van der Waals surface area contributed by atoms with E-state index in [4.69, 9.17) is 0 Å². The van der Waals surface area contributed by atoms with Gasteiger partial charge in [-0.3, -0.25) is 0 Å². The molecule has 0 aliphatic carbocycles. The molecule has 2 heterocycles. The molecule has 4 nitrogen and oxygen atoms in total. The van der Waals surface area contributed by atoms with E-state index in [1.54, 1.807) is 11.8 Å². The first kappa shape index (κ1) is 10.7. The van der Waals surface area contributed by atoms with E-state index in [9.17, 15) is 5.11 Å². The summed E-state index contributed by atoms with van der Waals surface area (Å²) in [5, 5.41) is 18.6. The van der Waals surface area contributed by atoms with Gasteiger partial charge in [0.1, 0.15) is 5.03 Å². The number of hydrogen-bond donors (Lipinski definition) is 1. The Hall–Kier alpha value is -0.810. The zero-order valence-electron chi connectivity index (χ0n) is 8.76. The smallest absolute Gasteiger partial charge is 0.151 e. The van der Waals surface area contributed by atoms with E-state index in [-0.39, 0.29) is 6.10 Å². The van der Waals surface area contributed by atoms with Gasteiger partial charge in [0.2, 0.25) is 0 Å². The molecule has 1 fully saturated rings. The molecule has 0 aromatic carbocycles. The molecular weight excluding hydrogens is 210 g/mol. The van der Waals surface area contributed by atoms with Crippen LogP contribution in [0.15, 0.2) is 17.2 Å². The Balaban J connectivity index is 2.03. The van der Waals surface area contributed by atoms with Crippen LogP contribution in [0, 0.1) is 0 Å². The molecule has 0 atom stereocenters. The Morgan fingerprint density at radius 3 is 2.60 bits per heavy atom. The van der Waals surface area contributed by atoms with Gasteiger partial charge in [0.05, 0.1) is 6.10 Å². The van der Waals surface area contributed by atoms with Crippen LogP contribution in [0.4, 0.5) is 5.82 Å². The summed E-state index contributed by atoms with van der Waals surface area (Å²) in [7, 11) is 0. The van der Waals surface area contributed by atoms with Crippen LogP contribution >= 0.6 is 11.8 Å². The highest BCUT2D eigenvalue weighted by Crippen LogP contribution is 2.18. The van der Waals surface area contributed by atoms with E-state index >= 15 is 0 Å². The minimum atomic E-state index is -0.139. The van der Waals surface area contributed by atoms with Crippen molar-refractivity contribution in [2.24, 2.45) is 0 Å². The minimum Gasteiger partial charge on any atom is -0.393 e. The fourth-order valence-corrected chi connectivity index (χ4v) is 2.01. The normalized spacial score (nSPS) is 18.1. The van der Waals surface area contributed by atoms with Crippen molar-refractivity contribution in [2.45, 2.75) is 24.0 Å². The molecule has 15 heavy (non-hydrogen) atoms. The third kappa shape index (κ3) is 2.60. The first-order valence-corrected chi connectivity index (χ1v) is 6.33. The second-order valence-corrected chi connectivity index (χ2v) is 4.48. The average Bonchev–Trinajstić information content (AvgIpc) is 2.30. The molecule has 0 radical (unpaired) electrons. The lowest BCUT2D eigenvalue weighted by Crippen LogP contribution is -2.36. The van der Waals surface area contributed by atoms with Crippen LogP contribution in [0.2, 0.25) is 0 Å². The molecule has 1 aromatic heterocycles. The molecule has 5 heteroatoms. The van der Waals surface area contributed by atoms with E-state index in [0.29, 0.717) is 0 Å². The van der Waals surface area contributed by atoms with Crippen LogP contribution in [-0.2, 0) is 0 Å².